The van der Waals surface area contributed by atoms with Gasteiger partial charge in [-0.3, -0.25) is 0 Å². The first-order chi connectivity index (χ1) is 8.39. The minimum absolute atomic E-state index is 0.138. The van der Waals surface area contributed by atoms with Crippen molar-refractivity contribution in [1.29, 1.82) is 0 Å². The zero-order valence-corrected chi connectivity index (χ0v) is 8.93. The molecule has 94 valence electrons. The summed E-state index contributed by atoms with van der Waals surface area (Å²) in [6.07, 6.45) is -4.54. The van der Waals surface area contributed by atoms with Crippen molar-refractivity contribution >= 4 is 0 Å². The van der Waals surface area contributed by atoms with Crippen LogP contribution in [0.1, 0.15) is 5.56 Å². The Morgan fingerprint density at radius 3 is 1.89 bits per heavy atom. The number of rotatable bonds is 1. The molecule has 0 amide bonds. The fourth-order valence-electron chi connectivity index (χ4n) is 1.62. The van der Waals surface area contributed by atoms with E-state index in [1.807, 2.05) is 0 Å². The monoisotopic (exact) mass is 258 g/mol. The Morgan fingerprint density at radius 2 is 1.33 bits per heavy atom. The zero-order valence-electron chi connectivity index (χ0n) is 8.93. The molecule has 0 radical (unpaired) electrons. The second-order valence-electron chi connectivity index (χ2n) is 3.68. The molecule has 0 aromatic heterocycles. The van der Waals surface area contributed by atoms with E-state index in [2.05, 4.69) is 0 Å². The van der Waals surface area contributed by atoms with Crippen molar-refractivity contribution in [2.24, 2.45) is 0 Å². The van der Waals surface area contributed by atoms with Gasteiger partial charge in [-0.05, 0) is 29.8 Å². The zero-order chi connectivity index (χ0) is 13.3. The second kappa shape index (κ2) is 4.40. The molecule has 0 nitrogen and oxygen atoms in total. The van der Waals surface area contributed by atoms with Gasteiger partial charge in [0.15, 0.2) is 0 Å². The average Bonchev–Trinajstić information content (AvgIpc) is 2.28. The molecular weight excluding hydrogens is 251 g/mol. The molecule has 18 heavy (non-hydrogen) atoms. The molecule has 0 spiro atoms. The molecule has 0 atom stereocenters. The number of alkyl halides is 3. The highest BCUT2D eigenvalue weighted by atomic mass is 19.4. The van der Waals surface area contributed by atoms with E-state index < -0.39 is 28.9 Å². The molecule has 0 fully saturated rings. The standard InChI is InChI=1S/C13H7F5/c14-10-5-2-6-11(15)12(10)8-3-1-4-9(7-8)13(16,17)18/h1-7H. The molecule has 0 unspecified atom stereocenters. The topological polar surface area (TPSA) is 0 Å². The summed E-state index contributed by atoms with van der Waals surface area (Å²) < 4.78 is 64.4. The lowest BCUT2D eigenvalue weighted by Crippen LogP contribution is -2.04. The van der Waals surface area contributed by atoms with Gasteiger partial charge in [-0.15, -0.1) is 0 Å². The first-order valence-corrected chi connectivity index (χ1v) is 5.01. The minimum Gasteiger partial charge on any atom is -0.206 e. The third-order valence-corrected chi connectivity index (χ3v) is 2.44. The van der Waals surface area contributed by atoms with Gasteiger partial charge >= 0.3 is 6.18 Å². The fraction of sp³-hybridized carbons (Fsp3) is 0.0769. The quantitative estimate of drug-likeness (QED) is 0.653. The molecule has 0 aliphatic rings. The van der Waals surface area contributed by atoms with Gasteiger partial charge in [-0.2, -0.15) is 13.2 Å². The van der Waals surface area contributed by atoms with Crippen LogP contribution in [-0.4, -0.2) is 0 Å². The van der Waals surface area contributed by atoms with Crippen molar-refractivity contribution in [3.05, 3.63) is 59.7 Å². The number of benzene rings is 2. The molecular formula is C13H7F5. The highest BCUT2D eigenvalue weighted by molar-refractivity contribution is 5.65. The Morgan fingerprint density at radius 1 is 0.778 bits per heavy atom. The summed E-state index contributed by atoms with van der Waals surface area (Å²) in [4.78, 5) is 0. The van der Waals surface area contributed by atoms with Crippen molar-refractivity contribution in [1.82, 2.24) is 0 Å². The highest BCUT2D eigenvalue weighted by Gasteiger charge is 2.30. The fourth-order valence-corrected chi connectivity index (χ4v) is 1.62. The maximum absolute atomic E-state index is 13.4. The summed E-state index contributed by atoms with van der Waals surface area (Å²) in [7, 11) is 0. The van der Waals surface area contributed by atoms with Crippen LogP contribution in [0.5, 0.6) is 0 Å². The maximum atomic E-state index is 13.4. The van der Waals surface area contributed by atoms with Crippen LogP contribution >= 0.6 is 0 Å². The summed E-state index contributed by atoms with van der Waals surface area (Å²) in [5.74, 6) is -1.79. The predicted molar refractivity (Wildman–Crippen MR) is 56.8 cm³/mol. The summed E-state index contributed by atoms with van der Waals surface area (Å²) in [6.45, 7) is 0. The molecule has 2 rings (SSSR count). The lowest BCUT2D eigenvalue weighted by Gasteiger charge is -2.10. The first kappa shape index (κ1) is 12.5. The summed E-state index contributed by atoms with van der Waals surface area (Å²) in [6, 6.07) is 7.07. The van der Waals surface area contributed by atoms with Gasteiger partial charge in [0.1, 0.15) is 11.6 Å². The van der Waals surface area contributed by atoms with Gasteiger partial charge in [-0.25, -0.2) is 8.78 Å². The third-order valence-electron chi connectivity index (χ3n) is 2.44. The van der Waals surface area contributed by atoms with Crippen molar-refractivity contribution in [3.63, 3.8) is 0 Å². The number of hydrogen-bond donors (Lipinski definition) is 0. The van der Waals surface area contributed by atoms with E-state index >= 15 is 0 Å². The third kappa shape index (κ3) is 2.34. The maximum Gasteiger partial charge on any atom is 0.416 e. The first-order valence-electron chi connectivity index (χ1n) is 5.01. The molecule has 0 heterocycles. The van der Waals surface area contributed by atoms with Crippen LogP contribution < -0.4 is 0 Å². The average molecular weight is 258 g/mol. The SMILES string of the molecule is Fc1cccc(F)c1-c1cccc(C(F)(F)F)c1. The summed E-state index contributed by atoms with van der Waals surface area (Å²) >= 11 is 0. The van der Waals surface area contributed by atoms with Crippen LogP contribution in [0, 0.1) is 11.6 Å². The van der Waals surface area contributed by atoms with Crippen LogP contribution in [-0.2, 0) is 6.18 Å². The Kier molecular flexibility index (Phi) is 3.07. The van der Waals surface area contributed by atoms with Crippen LogP contribution in [0.25, 0.3) is 11.1 Å². The van der Waals surface area contributed by atoms with Gasteiger partial charge in [0.2, 0.25) is 0 Å². The number of halogens is 5. The highest BCUT2D eigenvalue weighted by Crippen LogP contribution is 2.33. The molecule has 2 aromatic carbocycles. The molecule has 0 bridgehead atoms. The normalized spacial score (nSPS) is 11.6. The predicted octanol–water partition coefficient (Wildman–Crippen LogP) is 4.65. The van der Waals surface area contributed by atoms with Gasteiger partial charge in [0.05, 0.1) is 11.1 Å². The van der Waals surface area contributed by atoms with Crippen molar-refractivity contribution in [2.75, 3.05) is 0 Å². The Hall–Kier alpha value is -1.91. The lowest BCUT2D eigenvalue weighted by molar-refractivity contribution is -0.137. The minimum atomic E-state index is -4.54. The van der Waals surface area contributed by atoms with Crippen LogP contribution in [0.4, 0.5) is 22.0 Å². The second-order valence-corrected chi connectivity index (χ2v) is 3.68. The lowest BCUT2D eigenvalue weighted by atomic mass is 10.0. The van der Waals surface area contributed by atoms with Crippen molar-refractivity contribution in [3.8, 4) is 11.1 Å². The van der Waals surface area contributed by atoms with Crippen molar-refractivity contribution < 1.29 is 22.0 Å². The van der Waals surface area contributed by atoms with Gasteiger partial charge in [0.25, 0.3) is 0 Å². The molecule has 0 N–H and O–H groups in total. The van der Waals surface area contributed by atoms with Gasteiger partial charge in [0, 0.05) is 0 Å². The van der Waals surface area contributed by atoms with E-state index in [1.165, 1.54) is 6.07 Å². The van der Waals surface area contributed by atoms with E-state index in [0.717, 1.165) is 36.4 Å². The van der Waals surface area contributed by atoms with Crippen LogP contribution in [0.3, 0.4) is 0 Å². The smallest absolute Gasteiger partial charge is 0.206 e. The molecule has 0 saturated carbocycles. The number of hydrogen-bond acceptors (Lipinski definition) is 0. The van der Waals surface area contributed by atoms with Crippen LogP contribution in [0.15, 0.2) is 42.5 Å². The van der Waals surface area contributed by atoms with Gasteiger partial charge < -0.3 is 0 Å². The van der Waals surface area contributed by atoms with E-state index in [0.29, 0.717) is 0 Å². The Balaban J connectivity index is 2.59. The molecule has 5 heteroatoms. The Bertz CT molecular complexity index is 552. The van der Waals surface area contributed by atoms with E-state index in [-0.39, 0.29) is 5.56 Å². The molecule has 0 aliphatic carbocycles. The van der Waals surface area contributed by atoms with Crippen molar-refractivity contribution in [2.45, 2.75) is 6.18 Å². The van der Waals surface area contributed by atoms with Gasteiger partial charge in [-0.1, -0.05) is 18.2 Å². The molecule has 2 aromatic rings. The summed E-state index contributed by atoms with van der Waals surface area (Å²) in [5, 5.41) is 0. The molecule has 0 aliphatic heterocycles. The van der Waals surface area contributed by atoms with E-state index in [9.17, 15) is 22.0 Å². The van der Waals surface area contributed by atoms with Crippen LogP contribution in [0.2, 0.25) is 0 Å². The Labute approximate surface area is 99.7 Å². The largest absolute Gasteiger partial charge is 0.416 e. The summed E-state index contributed by atoms with van der Waals surface area (Å²) in [5.41, 5.74) is -1.54. The van der Waals surface area contributed by atoms with E-state index in [4.69, 9.17) is 0 Å². The van der Waals surface area contributed by atoms with E-state index in [1.54, 1.807) is 0 Å². The molecule has 0 saturated heterocycles.